The molecule has 0 bridgehead atoms. The van der Waals surface area contributed by atoms with Crippen molar-refractivity contribution >= 4 is 44.7 Å². The number of nitrogens with zero attached hydrogens (tertiary/aromatic N) is 1. The van der Waals surface area contributed by atoms with E-state index in [-0.39, 0.29) is 34.0 Å². The lowest BCUT2D eigenvalue weighted by molar-refractivity contribution is -0.177. The van der Waals surface area contributed by atoms with Gasteiger partial charge < -0.3 is 24.8 Å². The Morgan fingerprint density at radius 2 is 1.53 bits per heavy atom. The fraction of sp³-hybridized carbons (Fsp3) is 0.488. The van der Waals surface area contributed by atoms with Gasteiger partial charge in [-0.05, 0) is 79.5 Å². The first kappa shape index (κ1) is 45.0. The van der Waals surface area contributed by atoms with E-state index in [1.807, 2.05) is 13.8 Å². The molecule has 53 heavy (non-hydrogen) atoms. The van der Waals surface area contributed by atoms with Crippen LogP contribution in [0, 0.1) is 43.3 Å². The second-order valence-electron chi connectivity index (χ2n) is 12.9. The molecule has 292 valence electrons. The maximum atomic E-state index is 14.2. The first-order valence-electron chi connectivity index (χ1n) is 18.1. The number of fused-ring (bicyclic) bond motifs is 1. The summed E-state index contributed by atoms with van der Waals surface area (Å²) in [5.74, 6) is 1.26. The topological polar surface area (TPSA) is 98.8 Å². The van der Waals surface area contributed by atoms with Gasteiger partial charge >= 0.3 is 6.11 Å². The highest BCUT2D eigenvalue weighted by atomic mass is 32.1. The number of carbonyl (C=O) groups is 2. The molecule has 2 amide bonds. The number of hydrogen-bond acceptors (Lipinski definition) is 7. The van der Waals surface area contributed by atoms with E-state index in [1.165, 1.54) is 56.1 Å². The van der Waals surface area contributed by atoms with Crippen LogP contribution in [0.25, 0.3) is 10.2 Å². The number of methoxy groups -OCH3 is 2. The normalized spacial score (nSPS) is 13.3. The molecule has 3 aromatic carbocycles. The van der Waals surface area contributed by atoms with Crippen LogP contribution in [0.3, 0.4) is 0 Å². The number of aryl methyl sites for hydroxylation is 2. The second kappa shape index (κ2) is 20.9. The van der Waals surface area contributed by atoms with Crippen molar-refractivity contribution in [2.24, 2.45) is 23.7 Å². The van der Waals surface area contributed by atoms with Crippen molar-refractivity contribution in [3.8, 4) is 11.5 Å². The van der Waals surface area contributed by atoms with Crippen LogP contribution < -0.4 is 20.1 Å². The van der Waals surface area contributed by atoms with E-state index in [9.17, 15) is 22.8 Å². The fourth-order valence-electron chi connectivity index (χ4n) is 5.52. The summed E-state index contributed by atoms with van der Waals surface area (Å²) in [6.45, 7) is 21.2. The standard InChI is InChI=1S/C27H24F3N3O4S.C12H26O.C2H6/c1-5-27(29,30)37-22-13-17(8-6-14(22)2)32-25(34)18-9-7-16(28)12-20(18)33-26(35)23-21(36-4)11-10-19-24(23)38-15(3)31-19;1-7-9(2)11(4)12(5)10(3)8-13-6;1-2/h6-13H,5H2,1-4H3,(H,32,34)(H,33,35);9-12H,7-8H2,1-6H3;1-2H3. The van der Waals surface area contributed by atoms with Crippen molar-refractivity contribution in [1.29, 1.82) is 0 Å². The van der Waals surface area contributed by atoms with Crippen molar-refractivity contribution in [3.63, 3.8) is 0 Å². The number of thiazole rings is 1. The van der Waals surface area contributed by atoms with Gasteiger partial charge in [0, 0.05) is 31.9 Å². The average molecular weight is 760 g/mol. The number of rotatable bonds is 14. The third-order valence-electron chi connectivity index (χ3n) is 9.36. The predicted octanol–water partition coefficient (Wildman–Crippen LogP) is 11.6. The number of anilines is 2. The minimum atomic E-state index is -3.37. The van der Waals surface area contributed by atoms with Gasteiger partial charge in [0.2, 0.25) is 0 Å². The number of aromatic nitrogens is 1. The Morgan fingerprint density at radius 3 is 2.13 bits per heavy atom. The summed E-state index contributed by atoms with van der Waals surface area (Å²) in [4.78, 5) is 30.9. The first-order chi connectivity index (χ1) is 25.0. The zero-order valence-electron chi connectivity index (χ0n) is 33.1. The van der Waals surface area contributed by atoms with E-state index in [0.717, 1.165) is 41.5 Å². The Labute approximate surface area is 316 Å². The largest absolute Gasteiger partial charge is 0.496 e. The van der Waals surface area contributed by atoms with Crippen molar-refractivity contribution in [2.75, 3.05) is 31.5 Å². The number of benzene rings is 3. The maximum absolute atomic E-state index is 14.2. The van der Waals surface area contributed by atoms with Gasteiger partial charge in [0.25, 0.3) is 11.8 Å². The molecular formula is C41H56F3N3O5S. The minimum Gasteiger partial charge on any atom is -0.496 e. The van der Waals surface area contributed by atoms with Crippen LogP contribution in [0.1, 0.15) is 99.5 Å². The highest BCUT2D eigenvalue weighted by molar-refractivity contribution is 7.19. The van der Waals surface area contributed by atoms with Gasteiger partial charge in [0.15, 0.2) is 0 Å². The van der Waals surface area contributed by atoms with Crippen molar-refractivity contribution < 1.29 is 37.0 Å². The Balaban J connectivity index is 0.000000550. The molecule has 0 aliphatic rings. The summed E-state index contributed by atoms with van der Waals surface area (Å²) in [5.41, 5.74) is 1.29. The van der Waals surface area contributed by atoms with E-state index >= 15 is 0 Å². The quantitative estimate of drug-likeness (QED) is 0.133. The number of nitrogens with one attached hydrogen (secondary N) is 2. The lowest BCUT2D eigenvalue weighted by Gasteiger charge is -2.29. The number of carbonyl (C=O) groups excluding carboxylic acids is 2. The van der Waals surface area contributed by atoms with Gasteiger partial charge in [-0.3, -0.25) is 9.59 Å². The molecule has 4 rings (SSSR count). The summed E-state index contributed by atoms with van der Waals surface area (Å²) < 4.78 is 57.7. The number of hydrogen-bond donors (Lipinski definition) is 2. The molecule has 0 radical (unpaired) electrons. The molecule has 0 aliphatic heterocycles. The molecular weight excluding hydrogens is 704 g/mol. The molecule has 12 heteroatoms. The van der Waals surface area contributed by atoms with Gasteiger partial charge in [0.05, 0.1) is 33.6 Å². The molecule has 1 aromatic heterocycles. The molecule has 1 heterocycles. The Hall–Kier alpha value is -4.16. The van der Waals surface area contributed by atoms with Crippen LogP contribution in [-0.2, 0) is 4.74 Å². The van der Waals surface area contributed by atoms with Gasteiger partial charge in [-0.2, -0.15) is 8.78 Å². The number of alkyl halides is 2. The lowest BCUT2D eigenvalue weighted by atomic mass is 9.78. The first-order valence-corrected chi connectivity index (χ1v) is 18.9. The Kier molecular flexibility index (Phi) is 17.8. The van der Waals surface area contributed by atoms with Crippen LogP contribution in [0.5, 0.6) is 11.5 Å². The van der Waals surface area contributed by atoms with E-state index in [0.29, 0.717) is 21.7 Å². The van der Waals surface area contributed by atoms with E-state index in [1.54, 1.807) is 33.1 Å². The summed E-state index contributed by atoms with van der Waals surface area (Å²) in [6, 6.07) is 11.0. The molecule has 0 saturated heterocycles. The molecule has 2 N–H and O–H groups in total. The van der Waals surface area contributed by atoms with E-state index in [4.69, 9.17) is 14.2 Å². The fourth-order valence-corrected chi connectivity index (χ4v) is 6.47. The molecule has 0 aliphatic carbocycles. The minimum absolute atomic E-state index is 0.0479. The zero-order valence-corrected chi connectivity index (χ0v) is 33.9. The molecule has 8 nitrogen and oxygen atoms in total. The van der Waals surface area contributed by atoms with Gasteiger partial charge in [-0.15, -0.1) is 11.3 Å². The summed E-state index contributed by atoms with van der Waals surface area (Å²) in [6.07, 6.45) is -2.62. The average Bonchev–Trinajstić information content (AvgIpc) is 3.52. The summed E-state index contributed by atoms with van der Waals surface area (Å²) in [7, 11) is 3.21. The molecule has 0 saturated carbocycles. The number of halogens is 3. The molecule has 4 aromatic rings. The smallest absolute Gasteiger partial charge is 0.397 e. The lowest BCUT2D eigenvalue weighted by Crippen LogP contribution is -2.24. The second-order valence-corrected chi connectivity index (χ2v) is 14.1. The van der Waals surface area contributed by atoms with E-state index < -0.39 is 30.2 Å². The van der Waals surface area contributed by atoms with Crippen molar-refractivity contribution in [3.05, 3.63) is 76.0 Å². The number of ether oxygens (including phenoxy) is 3. The van der Waals surface area contributed by atoms with Crippen LogP contribution in [0.15, 0.2) is 48.5 Å². The van der Waals surface area contributed by atoms with Crippen LogP contribution in [-0.4, -0.2) is 43.7 Å². The van der Waals surface area contributed by atoms with Crippen LogP contribution in [0.4, 0.5) is 24.5 Å². The Morgan fingerprint density at radius 1 is 0.868 bits per heavy atom. The third-order valence-corrected chi connectivity index (χ3v) is 10.4. The van der Waals surface area contributed by atoms with Crippen LogP contribution >= 0.6 is 11.3 Å². The highest BCUT2D eigenvalue weighted by Crippen LogP contribution is 2.34. The summed E-state index contributed by atoms with van der Waals surface area (Å²) in [5, 5.41) is 5.93. The Bertz CT molecular complexity index is 1800. The maximum Gasteiger partial charge on any atom is 0.397 e. The highest BCUT2D eigenvalue weighted by Gasteiger charge is 2.29. The van der Waals surface area contributed by atoms with E-state index in [2.05, 4.69) is 50.2 Å². The van der Waals surface area contributed by atoms with Crippen LogP contribution in [0.2, 0.25) is 0 Å². The monoisotopic (exact) mass is 759 g/mol. The van der Waals surface area contributed by atoms with Crippen molar-refractivity contribution in [2.45, 2.75) is 88.2 Å². The third kappa shape index (κ3) is 12.5. The van der Waals surface area contributed by atoms with Gasteiger partial charge in [-0.1, -0.05) is 67.9 Å². The molecule has 0 spiro atoms. The molecule has 4 unspecified atom stereocenters. The predicted molar refractivity (Wildman–Crippen MR) is 210 cm³/mol. The zero-order chi connectivity index (χ0) is 40.0. The summed E-state index contributed by atoms with van der Waals surface area (Å²) >= 11 is 1.30. The molecule has 4 atom stereocenters. The van der Waals surface area contributed by atoms with Gasteiger partial charge in [0.1, 0.15) is 22.9 Å². The van der Waals surface area contributed by atoms with Gasteiger partial charge in [-0.25, -0.2) is 9.37 Å². The molecule has 0 fully saturated rings. The number of amides is 2. The SMILES string of the molecule is CC.CCC(C)C(C)C(C)C(C)COC.CCC(F)(F)Oc1cc(NC(=O)c2ccc(F)cc2NC(=O)c2c(OC)ccc3nc(C)sc23)ccc1C. The van der Waals surface area contributed by atoms with Crippen molar-refractivity contribution in [1.82, 2.24) is 4.98 Å².